The molecule has 1 aliphatic heterocycles. The Morgan fingerprint density at radius 2 is 2.00 bits per heavy atom. The molecule has 0 radical (unpaired) electrons. The van der Waals surface area contributed by atoms with Crippen molar-refractivity contribution >= 4 is 21.6 Å². The molecule has 2 rings (SSSR count). The highest BCUT2D eigenvalue weighted by atomic mass is 32.2. The maximum atomic E-state index is 12.6. The van der Waals surface area contributed by atoms with E-state index in [1.807, 2.05) is 13.8 Å². The number of aryl methyl sites for hydroxylation is 1. The summed E-state index contributed by atoms with van der Waals surface area (Å²) in [5, 5.41) is 3.05. The largest absolute Gasteiger partial charge is 0.345 e. The lowest BCUT2D eigenvalue weighted by molar-refractivity contribution is 0.0895. The van der Waals surface area contributed by atoms with Crippen molar-refractivity contribution in [2.45, 2.75) is 45.1 Å². The molecule has 0 aliphatic carbocycles. The average Bonchev–Trinajstić information content (AvgIpc) is 2.57. The number of sulfonamides is 1. The zero-order chi connectivity index (χ0) is 18.0. The number of rotatable bonds is 6. The fourth-order valence-corrected chi connectivity index (χ4v) is 4.12. The van der Waals surface area contributed by atoms with Gasteiger partial charge in [0.1, 0.15) is 0 Å². The van der Waals surface area contributed by atoms with Crippen LogP contribution < -0.4 is 15.4 Å². The van der Waals surface area contributed by atoms with Gasteiger partial charge < -0.3 is 11.1 Å². The molecule has 24 heavy (non-hydrogen) atoms. The first kappa shape index (κ1) is 18.7. The van der Waals surface area contributed by atoms with E-state index < -0.39 is 15.6 Å². The number of fused-ring (bicyclic) bond motifs is 1. The number of nitrogens with zero attached hydrogens (tertiary/aromatic N) is 1. The van der Waals surface area contributed by atoms with Crippen LogP contribution in [0.25, 0.3) is 0 Å². The third-order valence-electron chi connectivity index (χ3n) is 4.94. The first-order valence-electron chi connectivity index (χ1n) is 8.39. The second-order valence-electron chi connectivity index (χ2n) is 6.43. The summed E-state index contributed by atoms with van der Waals surface area (Å²) >= 11 is 0. The summed E-state index contributed by atoms with van der Waals surface area (Å²) in [5.74, 6) is -0.163. The molecule has 1 aromatic rings. The Morgan fingerprint density at radius 1 is 1.33 bits per heavy atom. The molecule has 1 aliphatic rings. The fraction of sp³-hybridized carbons (Fsp3) is 0.588. The van der Waals surface area contributed by atoms with E-state index in [1.54, 1.807) is 18.2 Å². The van der Waals surface area contributed by atoms with Crippen LogP contribution in [0.2, 0.25) is 0 Å². The van der Waals surface area contributed by atoms with Gasteiger partial charge in [-0.05, 0) is 49.4 Å². The predicted octanol–water partition coefficient (Wildman–Crippen LogP) is 1.65. The van der Waals surface area contributed by atoms with Crippen molar-refractivity contribution < 1.29 is 13.2 Å². The van der Waals surface area contributed by atoms with Crippen molar-refractivity contribution in [1.29, 1.82) is 0 Å². The average molecular weight is 353 g/mol. The first-order chi connectivity index (χ1) is 11.3. The Kier molecular flexibility index (Phi) is 5.55. The third-order valence-corrected chi connectivity index (χ3v) is 6.12. The molecule has 0 fully saturated rings. The van der Waals surface area contributed by atoms with E-state index in [1.165, 1.54) is 10.6 Å². The molecule has 1 aromatic carbocycles. The predicted molar refractivity (Wildman–Crippen MR) is 96.8 cm³/mol. The summed E-state index contributed by atoms with van der Waals surface area (Å²) < 4.78 is 25.2. The van der Waals surface area contributed by atoms with E-state index in [-0.39, 0.29) is 5.91 Å². The van der Waals surface area contributed by atoms with Crippen molar-refractivity contribution in [3.8, 4) is 0 Å². The summed E-state index contributed by atoms with van der Waals surface area (Å²) in [6.07, 6.45) is 4.26. The molecule has 6 nitrogen and oxygen atoms in total. The van der Waals surface area contributed by atoms with Gasteiger partial charge in [0.25, 0.3) is 5.91 Å². The Labute approximate surface area is 144 Å². The Hall–Kier alpha value is -1.60. The lowest BCUT2D eigenvalue weighted by Gasteiger charge is -2.32. The van der Waals surface area contributed by atoms with Gasteiger partial charge in [0.05, 0.1) is 17.5 Å². The zero-order valence-corrected chi connectivity index (χ0v) is 15.4. The maximum Gasteiger partial charge on any atom is 0.251 e. The Bertz CT molecular complexity index is 704. The van der Waals surface area contributed by atoms with E-state index in [4.69, 9.17) is 5.73 Å². The van der Waals surface area contributed by atoms with Crippen LogP contribution in [0.5, 0.6) is 0 Å². The van der Waals surface area contributed by atoms with Crippen LogP contribution in [0.3, 0.4) is 0 Å². The van der Waals surface area contributed by atoms with Gasteiger partial charge >= 0.3 is 0 Å². The number of nitrogens with one attached hydrogen (secondary N) is 1. The lowest BCUT2D eigenvalue weighted by atomic mass is 9.92. The van der Waals surface area contributed by atoms with Crippen molar-refractivity contribution in [2.24, 2.45) is 5.73 Å². The highest BCUT2D eigenvalue weighted by Crippen LogP contribution is 2.30. The van der Waals surface area contributed by atoms with E-state index in [0.29, 0.717) is 24.3 Å². The van der Waals surface area contributed by atoms with Crippen LogP contribution in [0, 0.1) is 0 Å². The molecule has 0 saturated heterocycles. The highest BCUT2D eigenvalue weighted by Gasteiger charge is 2.28. The molecule has 0 atom stereocenters. The minimum absolute atomic E-state index is 0.163. The molecule has 0 spiro atoms. The number of hydrogen-bond donors (Lipinski definition) is 2. The van der Waals surface area contributed by atoms with Gasteiger partial charge in [0.15, 0.2) is 0 Å². The molecule has 1 amide bonds. The second-order valence-corrected chi connectivity index (χ2v) is 8.33. The molecule has 0 saturated carbocycles. The van der Waals surface area contributed by atoms with Crippen LogP contribution in [0.15, 0.2) is 18.2 Å². The van der Waals surface area contributed by atoms with Crippen LogP contribution in [-0.4, -0.2) is 39.2 Å². The number of carbonyl (C=O) groups is 1. The van der Waals surface area contributed by atoms with E-state index in [2.05, 4.69) is 5.32 Å². The second kappa shape index (κ2) is 7.11. The molecule has 1 heterocycles. The Morgan fingerprint density at radius 3 is 2.54 bits per heavy atom. The molecule has 0 unspecified atom stereocenters. The van der Waals surface area contributed by atoms with Crippen molar-refractivity contribution in [1.82, 2.24) is 5.32 Å². The summed E-state index contributed by atoms with van der Waals surface area (Å²) in [6, 6.07) is 5.21. The van der Waals surface area contributed by atoms with Gasteiger partial charge in [0.2, 0.25) is 10.0 Å². The summed E-state index contributed by atoms with van der Waals surface area (Å²) in [6.45, 7) is 4.89. The van der Waals surface area contributed by atoms with E-state index in [9.17, 15) is 13.2 Å². The molecule has 3 N–H and O–H groups in total. The number of carbonyl (C=O) groups excluding carboxylic acids is 1. The molecule has 7 heteroatoms. The first-order valence-corrected chi connectivity index (χ1v) is 10.2. The quantitative estimate of drug-likeness (QED) is 0.813. The third kappa shape index (κ3) is 3.72. The number of anilines is 1. The summed E-state index contributed by atoms with van der Waals surface area (Å²) in [5.41, 5.74) is 7.56. The van der Waals surface area contributed by atoms with Crippen molar-refractivity contribution in [3.05, 3.63) is 29.3 Å². The number of nitrogens with two attached hydrogens (primary N) is 1. The van der Waals surface area contributed by atoms with Gasteiger partial charge in [-0.2, -0.15) is 0 Å². The number of hydrogen-bond acceptors (Lipinski definition) is 4. The zero-order valence-electron chi connectivity index (χ0n) is 14.6. The molecular formula is C17H27N3O3S. The maximum absolute atomic E-state index is 12.6. The minimum atomic E-state index is -3.30. The molecule has 0 bridgehead atoms. The van der Waals surface area contributed by atoms with Gasteiger partial charge in [0, 0.05) is 18.7 Å². The highest BCUT2D eigenvalue weighted by molar-refractivity contribution is 7.92. The fourth-order valence-electron chi connectivity index (χ4n) is 3.13. The van der Waals surface area contributed by atoms with Crippen LogP contribution >= 0.6 is 0 Å². The summed E-state index contributed by atoms with van der Waals surface area (Å²) in [4.78, 5) is 12.6. The minimum Gasteiger partial charge on any atom is -0.345 e. The van der Waals surface area contributed by atoms with Crippen LogP contribution in [-0.2, 0) is 16.4 Å². The SMILES string of the molecule is CCC(CC)(CN)NC(=O)c1ccc2c(c1)CCCN2S(C)(=O)=O. The summed E-state index contributed by atoms with van der Waals surface area (Å²) in [7, 11) is -3.30. The van der Waals surface area contributed by atoms with E-state index >= 15 is 0 Å². The van der Waals surface area contributed by atoms with Gasteiger partial charge in [-0.3, -0.25) is 9.10 Å². The van der Waals surface area contributed by atoms with Crippen LogP contribution in [0.4, 0.5) is 5.69 Å². The monoisotopic (exact) mass is 353 g/mol. The lowest BCUT2D eigenvalue weighted by Crippen LogP contribution is -2.52. The van der Waals surface area contributed by atoms with E-state index in [0.717, 1.165) is 31.2 Å². The number of amides is 1. The molecule has 134 valence electrons. The topological polar surface area (TPSA) is 92.5 Å². The Balaban J connectivity index is 2.30. The van der Waals surface area contributed by atoms with Crippen LogP contribution in [0.1, 0.15) is 49.0 Å². The van der Waals surface area contributed by atoms with Gasteiger partial charge in [-0.25, -0.2) is 8.42 Å². The number of benzene rings is 1. The van der Waals surface area contributed by atoms with Gasteiger partial charge in [-0.1, -0.05) is 13.8 Å². The van der Waals surface area contributed by atoms with Crippen molar-refractivity contribution in [3.63, 3.8) is 0 Å². The smallest absolute Gasteiger partial charge is 0.251 e. The molecule has 0 aromatic heterocycles. The standard InChI is InChI=1S/C17H27N3O3S/c1-4-17(5-2,12-18)19-16(21)14-8-9-15-13(11-14)7-6-10-20(15)24(3,22)23/h8-9,11H,4-7,10,12,18H2,1-3H3,(H,19,21). The van der Waals surface area contributed by atoms with Crippen molar-refractivity contribution in [2.75, 3.05) is 23.7 Å². The normalized spacial score (nSPS) is 15.1. The molecular weight excluding hydrogens is 326 g/mol. The van der Waals surface area contributed by atoms with Gasteiger partial charge in [-0.15, -0.1) is 0 Å².